The maximum atomic E-state index is 12.7. The molecule has 4 aromatic rings. The van der Waals surface area contributed by atoms with E-state index >= 15 is 0 Å². The largest absolute Gasteiger partial charge is 0.311 e. The second-order valence-corrected chi connectivity index (χ2v) is 10.2. The number of Topliss-reactive ketones (excluding diaryl/α,β-unsaturated/α-hetero) is 1. The van der Waals surface area contributed by atoms with Gasteiger partial charge in [0, 0.05) is 36.5 Å². The number of fused-ring (bicyclic) bond motifs is 1. The molecule has 0 saturated carbocycles. The lowest BCUT2D eigenvalue weighted by Gasteiger charge is -2.25. The summed E-state index contributed by atoms with van der Waals surface area (Å²) < 4.78 is 2.08. The first-order chi connectivity index (χ1) is 15.6. The maximum absolute atomic E-state index is 12.7. The highest BCUT2D eigenvalue weighted by Crippen LogP contribution is 2.41. The van der Waals surface area contributed by atoms with Crippen LogP contribution >= 0.6 is 43.6 Å². The van der Waals surface area contributed by atoms with Gasteiger partial charge in [-0.2, -0.15) is 0 Å². The molecule has 2 nitrogen and oxygen atoms in total. The first kappa shape index (κ1) is 21.3. The van der Waals surface area contributed by atoms with Crippen LogP contribution in [0.2, 0.25) is 0 Å². The van der Waals surface area contributed by atoms with Crippen LogP contribution in [-0.4, -0.2) is 5.78 Å². The smallest absolute Gasteiger partial charge is 0.200 e. The Morgan fingerprint density at radius 1 is 0.656 bits per heavy atom. The minimum absolute atomic E-state index is 0.0982. The number of benzene rings is 4. The molecule has 156 valence electrons. The summed E-state index contributed by atoms with van der Waals surface area (Å²) in [6.45, 7) is 0. The van der Waals surface area contributed by atoms with E-state index in [0.29, 0.717) is 0 Å². The third-order valence-corrected chi connectivity index (χ3v) is 7.35. The molecule has 0 fully saturated rings. The molecule has 0 aliphatic carbocycles. The van der Waals surface area contributed by atoms with Crippen LogP contribution in [0, 0.1) is 0 Å². The highest BCUT2D eigenvalue weighted by Gasteiger charge is 2.25. The number of carbonyl (C=O) groups excluding carboxylic acids is 1. The van der Waals surface area contributed by atoms with E-state index in [1.807, 2.05) is 54.6 Å². The predicted octanol–water partition coefficient (Wildman–Crippen LogP) is 9.01. The van der Waals surface area contributed by atoms with Crippen molar-refractivity contribution in [1.29, 1.82) is 0 Å². The second-order valence-electron chi connectivity index (χ2n) is 7.32. The Bertz CT molecular complexity index is 1270. The number of hydrogen-bond donors (Lipinski definition) is 0. The number of hydrogen-bond acceptors (Lipinski definition) is 3. The van der Waals surface area contributed by atoms with Crippen molar-refractivity contribution >= 4 is 72.5 Å². The molecule has 0 unspecified atom stereocenters. The Kier molecular flexibility index (Phi) is 6.05. The molecule has 1 aliphatic rings. The molecular formula is C27H17Br2NOS. The Morgan fingerprint density at radius 3 is 1.69 bits per heavy atom. The number of allylic oxidation sites excluding steroid dienone is 1. The zero-order valence-electron chi connectivity index (χ0n) is 16.8. The first-order valence-electron chi connectivity index (χ1n) is 10.0. The quantitative estimate of drug-likeness (QED) is 0.231. The Hall–Kier alpha value is -2.60. The molecule has 0 saturated heterocycles. The molecule has 0 aromatic heterocycles. The number of halogens is 2. The third-order valence-electron chi connectivity index (χ3n) is 5.19. The normalized spacial score (nSPS) is 13.9. The summed E-state index contributed by atoms with van der Waals surface area (Å²) in [6, 6.07) is 32.6. The second kappa shape index (κ2) is 9.10. The average Bonchev–Trinajstić information content (AvgIpc) is 3.13. The van der Waals surface area contributed by atoms with E-state index in [-0.39, 0.29) is 5.78 Å². The van der Waals surface area contributed by atoms with Gasteiger partial charge in [-0.3, -0.25) is 4.79 Å². The van der Waals surface area contributed by atoms with Crippen LogP contribution in [-0.2, 0) is 0 Å². The van der Waals surface area contributed by atoms with Gasteiger partial charge in [-0.25, -0.2) is 0 Å². The van der Waals surface area contributed by atoms with E-state index in [1.54, 1.807) is 0 Å². The van der Waals surface area contributed by atoms with Gasteiger partial charge in [0.2, 0.25) is 5.78 Å². The van der Waals surface area contributed by atoms with Gasteiger partial charge in [-0.1, -0.05) is 67.9 Å². The van der Waals surface area contributed by atoms with Crippen molar-refractivity contribution in [3.8, 4) is 0 Å². The van der Waals surface area contributed by atoms with Crippen molar-refractivity contribution in [1.82, 2.24) is 0 Å². The van der Waals surface area contributed by atoms with Gasteiger partial charge in [0.05, 0.1) is 4.91 Å². The van der Waals surface area contributed by atoms with Gasteiger partial charge >= 0.3 is 0 Å². The van der Waals surface area contributed by atoms with E-state index in [2.05, 4.69) is 85.3 Å². The van der Waals surface area contributed by atoms with Crippen LogP contribution < -0.4 is 4.90 Å². The zero-order chi connectivity index (χ0) is 22.1. The van der Waals surface area contributed by atoms with Crippen molar-refractivity contribution in [3.05, 3.63) is 122 Å². The lowest BCUT2D eigenvalue weighted by Crippen LogP contribution is -2.09. The van der Waals surface area contributed by atoms with Gasteiger partial charge in [0.1, 0.15) is 0 Å². The molecule has 1 aliphatic heterocycles. The summed E-state index contributed by atoms with van der Waals surface area (Å²) in [5, 5.41) is 0. The molecule has 0 N–H and O–H groups in total. The van der Waals surface area contributed by atoms with Gasteiger partial charge in [0.15, 0.2) is 0 Å². The van der Waals surface area contributed by atoms with Gasteiger partial charge in [-0.05, 0) is 84.4 Å². The number of nitrogens with zero attached hydrogens (tertiary/aromatic N) is 1. The van der Waals surface area contributed by atoms with Gasteiger partial charge in [-0.15, -0.1) is 0 Å². The summed E-state index contributed by atoms with van der Waals surface area (Å²) in [4.78, 5) is 16.7. The summed E-state index contributed by atoms with van der Waals surface area (Å²) in [5.74, 6) is 0.0982. The van der Waals surface area contributed by atoms with Crippen molar-refractivity contribution in [2.45, 2.75) is 4.90 Å². The van der Waals surface area contributed by atoms with E-state index in [9.17, 15) is 4.79 Å². The predicted molar refractivity (Wildman–Crippen MR) is 141 cm³/mol. The fourth-order valence-electron chi connectivity index (χ4n) is 3.63. The molecule has 0 atom stereocenters. The SMILES string of the molecule is O=C1/C(=C\c2ccc(N(c3ccc(Br)cc3)c3ccc(Br)cc3)cc2)Sc2ccccc21. The molecule has 0 spiro atoms. The standard InChI is InChI=1S/C27H17Br2NOS/c28-19-7-13-22(14-8-19)30(23-15-9-20(29)10-16-23)21-11-5-18(6-12-21)17-26-27(31)24-3-1-2-4-25(24)32-26/h1-17H/b26-17+. The molecule has 0 radical (unpaired) electrons. The number of carbonyl (C=O) groups is 1. The van der Waals surface area contributed by atoms with Crippen LogP contribution in [0.1, 0.15) is 15.9 Å². The average molecular weight is 563 g/mol. The fraction of sp³-hybridized carbons (Fsp3) is 0. The van der Waals surface area contributed by atoms with Crippen LogP contribution in [0.3, 0.4) is 0 Å². The molecule has 5 heteroatoms. The maximum Gasteiger partial charge on any atom is 0.200 e. The number of rotatable bonds is 4. The monoisotopic (exact) mass is 561 g/mol. The van der Waals surface area contributed by atoms with E-state index in [1.165, 1.54) is 11.8 Å². The van der Waals surface area contributed by atoms with Gasteiger partial charge in [0.25, 0.3) is 0 Å². The van der Waals surface area contributed by atoms with Crippen LogP contribution in [0.4, 0.5) is 17.1 Å². The van der Waals surface area contributed by atoms with Crippen LogP contribution in [0.25, 0.3) is 6.08 Å². The summed E-state index contributed by atoms with van der Waals surface area (Å²) in [6.07, 6.45) is 1.97. The summed E-state index contributed by atoms with van der Waals surface area (Å²) >= 11 is 8.58. The van der Waals surface area contributed by atoms with Crippen LogP contribution in [0.15, 0.2) is 116 Å². The highest BCUT2D eigenvalue weighted by molar-refractivity contribution is 9.10. The van der Waals surface area contributed by atoms with Crippen LogP contribution in [0.5, 0.6) is 0 Å². The minimum atomic E-state index is 0.0982. The number of thioether (sulfide) groups is 1. The van der Waals surface area contributed by atoms with Gasteiger partial charge < -0.3 is 4.90 Å². The zero-order valence-corrected chi connectivity index (χ0v) is 20.8. The molecule has 4 aromatic carbocycles. The topological polar surface area (TPSA) is 20.3 Å². The molecule has 0 amide bonds. The Labute approximate surface area is 208 Å². The lowest BCUT2D eigenvalue weighted by molar-refractivity contribution is 0.104. The first-order valence-corrected chi connectivity index (χ1v) is 12.4. The Balaban J connectivity index is 1.48. The number of anilines is 3. The van der Waals surface area contributed by atoms with E-state index in [4.69, 9.17) is 0 Å². The van der Waals surface area contributed by atoms with E-state index < -0.39 is 0 Å². The van der Waals surface area contributed by atoms with Crippen molar-refractivity contribution in [2.24, 2.45) is 0 Å². The minimum Gasteiger partial charge on any atom is -0.311 e. The van der Waals surface area contributed by atoms with Crippen molar-refractivity contribution in [3.63, 3.8) is 0 Å². The molecule has 0 bridgehead atoms. The van der Waals surface area contributed by atoms with Crippen molar-refractivity contribution < 1.29 is 4.79 Å². The van der Waals surface area contributed by atoms with E-state index in [0.717, 1.165) is 46.9 Å². The summed E-state index contributed by atoms with van der Waals surface area (Å²) in [7, 11) is 0. The lowest BCUT2D eigenvalue weighted by atomic mass is 10.1. The molecule has 32 heavy (non-hydrogen) atoms. The highest BCUT2D eigenvalue weighted by atomic mass is 79.9. The third kappa shape index (κ3) is 4.33. The van der Waals surface area contributed by atoms with Crippen molar-refractivity contribution in [2.75, 3.05) is 4.90 Å². The molecule has 1 heterocycles. The Morgan fingerprint density at radius 2 is 1.16 bits per heavy atom. The molecule has 5 rings (SSSR count). The molecular weight excluding hydrogens is 546 g/mol. The number of ketones is 1. The summed E-state index contributed by atoms with van der Waals surface area (Å²) in [5.41, 5.74) is 4.98. The fourth-order valence-corrected chi connectivity index (χ4v) is 5.21.